The second-order valence-corrected chi connectivity index (χ2v) is 7.08. The molecule has 3 nitrogen and oxygen atoms in total. The van der Waals surface area contributed by atoms with E-state index in [0.717, 1.165) is 35.8 Å². The third-order valence-corrected chi connectivity index (χ3v) is 5.18. The van der Waals surface area contributed by atoms with Crippen molar-refractivity contribution in [3.8, 4) is 11.5 Å². The Kier molecular flexibility index (Phi) is 4.47. The van der Waals surface area contributed by atoms with Crippen molar-refractivity contribution >= 4 is 28.9 Å². The second-order valence-electron chi connectivity index (χ2n) is 6.24. The lowest BCUT2D eigenvalue weighted by Crippen LogP contribution is -2.31. The Balaban J connectivity index is 1.66. The Bertz CT molecular complexity index is 744. The molecule has 2 aromatic rings. The van der Waals surface area contributed by atoms with Crippen LogP contribution >= 0.6 is 23.2 Å². The second kappa shape index (κ2) is 6.73. The number of rotatable bonds is 2. The first-order chi connectivity index (χ1) is 11.7. The van der Waals surface area contributed by atoms with E-state index in [9.17, 15) is 0 Å². The Morgan fingerprint density at radius 2 is 1.83 bits per heavy atom. The van der Waals surface area contributed by atoms with Crippen molar-refractivity contribution in [3.63, 3.8) is 0 Å². The summed E-state index contributed by atoms with van der Waals surface area (Å²) < 4.78 is 12.3. The molecule has 0 spiro atoms. The molecule has 126 valence electrons. The van der Waals surface area contributed by atoms with Gasteiger partial charge in [0.05, 0.1) is 5.69 Å². The van der Waals surface area contributed by atoms with Crippen LogP contribution in [0.4, 0.5) is 5.69 Å². The van der Waals surface area contributed by atoms with Crippen molar-refractivity contribution in [1.82, 2.24) is 0 Å². The van der Waals surface area contributed by atoms with Gasteiger partial charge in [-0.25, -0.2) is 0 Å². The van der Waals surface area contributed by atoms with E-state index in [-0.39, 0.29) is 6.10 Å². The van der Waals surface area contributed by atoms with Crippen LogP contribution in [0.2, 0.25) is 10.0 Å². The highest BCUT2D eigenvalue weighted by Crippen LogP contribution is 2.45. The lowest BCUT2D eigenvalue weighted by molar-refractivity contribution is 0.0918. The fourth-order valence-electron chi connectivity index (χ4n) is 3.38. The van der Waals surface area contributed by atoms with Crippen LogP contribution in [0, 0.1) is 0 Å². The highest BCUT2D eigenvalue weighted by molar-refractivity contribution is 6.35. The van der Waals surface area contributed by atoms with Crippen LogP contribution in [0.1, 0.15) is 30.9 Å². The summed E-state index contributed by atoms with van der Waals surface area (Å²) in [4.78, 5) is 2.39. The van der Waals surface area contributed by atoms with Gasteiger partial charge in [-0.1, -0.05) is 35.3 Å². The summed E-state index contributed by atoms with van der Waals surface area (Å²) >= 11 is 12.3. The van der Waals surface area contributed by atoms with Crippen LogP contribution in [-0.2, 0) is 0 Å². The van der Waals surface area contributed by atoms with E-state index >= 15 is 0 Å². The number of piperidine rings is 1. The Morgan fingerprint density at radius 1 is 1.00 bits per heavy atom. The molecule has 1 saturated heterocycles. The summed E-state index contributed by atoms with van der Waals surface area (Å²) in [6.45, 7) is 2.57. The van der Waals surface area contributed by atoms with Gasteiger partial charge in [0.25, 0.3) is 0 Å². The molecule has 4 rings (SSSR count). The van der Waals surface area contributed by atoms with Gasteiger partial charge in [0, 0.05) is 28.7 Å². The molecule has 0 aromatic heterocycles. The molecule has 0 N–H and O–H groups in total. The van der Waals surface area contributed by atoms with E-state index in [1.807, 2.05) is 24.3 Å². The van der Waals surface area contributed by atoms with E-state index in [1.165, 1.54) is 19.3 Å². The standard InChI is InChI=1S/C19H19Cl2NO2/c20-13-7-8-14(15(21)11-13)18-12-23-17-6-4-5-16(19(17)24-18)22-9-2-1-3-10-22/h4-8,11,18H,1-3,9-10,12H2/t18-/m1/s1. The van der Waals surface area contributed by atoms with Crippen molar-refractivity contribution < 1.29 is 9.47 Å². The number of hydrogen-bond donors (Lipinski definition) is 0. The maximum absolute atomic E-state index is 6.35. The quantitative estimate of drug-likeness (QED) is 0.703. The van der Waals surface area contributed by atoms with Gasteiger partial charge in [-0.15, -0.1) is 0 Å². The molecule has 2 aliphatic rings. The number of anilines is 1. The fourth-order valence-corrected chi connectivity index (χ4v) is 3.91. The van der Waals surface area contributed by atoms with Gasteiger partial charge >= 0.3 is 0 Å². The van der Waals surface area contributed by atoms with E-state index in [4.69, 9.17) is 32.7 Å². The monoisotopic (exact) mass is 363 g/mol. The molecule has 5 heteroatoms. The number of hydrogen-bond acceptors (Lipinski definition) is 3. The molecule has 2 heterocycles. The van der Waals surface area contributed by atoms with Gasteiger partial charge in [0.1, 0.15) is 6.61 Å². The molecule has 0 aliphatic carbocycles. The van der Waals surface area contributed by atoms with Crippen LogP contribution in [0.3, 0.4) is 0 Å². The zero-order chi connectivity index (χ0) is 16.5. The minimum Gasteiger partial charge on any atom is -0.485 e. The molecular weight excluding hydrogens is 345 g/mol. The van der Waals surface area contributed by atoms with Gasteiger partial charge < -0.3 is 14.4 Å². The highest BCUT2D eigenvalue weighted by Gasteiger charge is 2.28. The molecule has 0 saturated carbocycles. The molecule has 1 atom stereocenters. The molecule has 0 radical (unpaired) electrons. The highest BCUT2D eigenvalue weighted by atomic mass is 35.5. The van der Waals surface area contributed by atoms with E-state index in [2.05, 4.69) is 11.0 Å². The van der Waals surface area contributed by atoms with Gasteiger partial charge in [0.15, 0.2) is 17.6 Å². The van der Waals surface area contributed by atoms with Gasteiger partial charge in [-0.05, 0) is 43.5 Å². The summed E-state index contributed by atoms with van der Waals surface area (Å²) in [6.07, 6.45) is 3.51. The predicted octanol–water partition coefficient (Wildman–Crippen LogP) is 5.50. The molecule has 24 heavy (non-hydrogen) atoms. The average molecular weight is 364 g/mol. The third kappa shape index (κ3) is 3.03. The first-order valence-corrected chi connectivity index (χ1v) is 9.10. The normalized spacial score (nSPS) is 20.1. The maximum atomic E-state index is 6.35. The number of ether oxygens (including phenoxy) is 2. The van der Waals surface area contributed by atoms with Crippen LogP contribution in [0.5, 0.6) is 11.5 Å². The maximum Gasteiger partial charge on any atom is 0.185 e. The lowest BCUT2D eigenvalue weighted by Gasteiger charge is -2.34. The first kappa shape index (κ1) is 15.9. The van der Waals surface area contributed by atoms with E-state index in [0.29, 0.717) is 16.7 Å². The topological polar surface area (TPSA) is 21.7 Å². The number of nitrogens with zero attached hydrogens (tertiary/aromatic N) is 1. The molecule has 0 bridgehead atoms. The number of fused-ring (bicyclic) bond motifs is 1. The van der Waals surface area contributed by atoms with Crippen molar-refractivity contribution in [2.75, 3.05) is 24.6 Å². The number of para-hydroxylation sites is 1. The molecule has 0 unspecified atom stereocenters. The van der Waals surface area contributed by atoms with Crippen LogP contribution in [0.25, 0.3) is 0 Å². The van der Waals surface area contributed by atoms with E-state index < -0.39 is 0 Å². The van der Waals surface area contributed by atoms with Gasteiger partial charge in [0.2, 0.25) is 0 Å². The zero-order valence-corrected chi connectivity index (χ0v) is 14.8. The fraction of sp³-hybridized carbons (Fsp3) is 0.368. The minimum atomic E-state index is -0.229. The number of benzene rings is 2. The predicted molar refractivity (Wildman–Crippen MR) is 97.8 cm³/mol. The smallest absolute Gasteiger partial charge is 0.185 e. The Morgan fingerprint density at radius 3 is 2.62 bits per heavy atom. The summed E-state index contributed by atoms with van der Waals surface area (Å²) in [6, 6.07) is 11.6. The zero-order valence-electron chi connectivity index (χ0n) is 13.3. The molecule has 1 fully saturated rings. The van der Waals surface area contributed by atoms with Gasteiger partial charge in [-0.2, -0.15) is 0 Å². The van der Waals surface area contributed by atoms with Crippen molar-refractivity contribution in [1.29, 1.82) is 0 Å². The summed E-state index contributed by atoms with van der Waals surface area (Å²) in [5, 5.41) is 1.23. The number of halogens is 2. The summed E-state index contributed by atoms with van der Waals surface area (Å²) in [7, 11) is 0. The lowest BCUT2D eigenvalue weighted by atomic mass is 10.1. The Labute approximate surface area is 152 Å². The first-order valence-electron chi connectivity index (χ1n) is 8.35. The summed E-state index contributed by atoms with van der Waals surface area (Å²) in [5.74, 6) is 1.63. The van der Waals surface area contributed by atoms with Crippen LogP contribution < -0.4 is 14.4 Å². The van der Waals surface area contributed by atoms with Crippen LogP contribution in [-0.4, -0.2) is 19.7 Å². The van der Waals surface area contributed by atoms with Crippen molar-refractivity contribution in [2.24, 2.45) is 0 Å². The van der Waals surface area contributed by atoms with E-state index in [1.54, 1.807) is 6.07 Å². The van der Waals surface area contributed by atoms with Gasteiger partial charge in [-0.3, -0.25) is 0 Å². The minimum absolute atomic E-state index is 0.229. The SMILES string of the molecule is Clc1ccc([C@H]2COc3cccc(N4CCCCC4)c3O2)c(Cl)c1. The average Bonchev–Trinajstić information content (AvgIpc) is 2.61. The van der Waals surface area contributed by atoms with Crippen molar-refractivity contribution in [2.45, 2.75) is 25.4 Å². The van der Waals surface area contributed by atoms with Crippen LogP contribution in [0.15, 0.2) is 36.4 Å². The molecule has 2 aromatic carbocycles. The molecular formula is C19H19Cl2NO2. The largest absolute Gasteiger partial charge is 0.485 e. The third-order valence-electron chi connectivity index (χ3n) is 4.61. The molecule has 2 aliphatic heterocycles. The van der Waals surface area contributed by atoms with Crippen molar-refractivity contribution in [3.05, 3.63) is 52.0 Å². The summed E-state index contributed by atoms with van der Waals surface area (Å²) in [5.41, 5.74) is 2.02. The Hall–Kier alpha value is -1.58. The molecule has 0 amide bonds.